The van der Waals surface area contributed by atoms with Gasteiger partial charge in [-0.3, -0.25) is 5.21 Å². The van der Waals surface area contributed by atoms with Crippen molar-refractivity contribution in [3.05, 3.63) is 29.0 Å². The number of nitrogens with one attached hydrogen (secondary N) is 1. The first-order valence-corrected chi connectivity index (χ1v) is 6.77. The zero-order valence-electron chi connectivity index (χ0n) is 13.2. The van der Waals surface area contributed by atoms with Crippen LogP contribution >= 0.6 is 0 Å². The SMILES string of the molecule is C[C@H](COc1c(F)ccc(N([O-])O)c1F)NC(=O)OC(C)(C)C. The van der Waals surface area contributed by atoms with E-state index in [1.54, 1.807) is 20.8 Å². The monoisotopic (exact) mass is 333 g/mol. The Balaban J connectivity index is 2.68. The third kappa shape index (κ3) is 5.87. The molecular formula is C14H19F2N2O5-. The number of hydrogen-bond acceptors (Lipinski definition) is 6. The van der Waals surface area contributed by atoms with Crippen LogP contribution in [0, 0.1) is 16.8 Å². The molecule has 0 aliphatic rings. The Morgan fingerprint density at radius 1 is 1.43 bits per heavy atom. The van der Waals surface area contributed by atoms with Gasteiger partial charge in [0.2, 0.25) is 0 Å². The van der Waals surface area contributed by atoms with E-state index in [1.807, 2.05) is 0 Å². The van der Waals surface area contributed by atoms with Crippen molar-refractivity contribution in [2.45, 2.75) is 39.3 Å². The molecule has 0 bridgehead atoms. The van der Waals surface area contributed by atoms with Gasteiger partial charge in [-0.25, -0.2) is 13.6 Å². The Labute approximate surface area is 132 Å². The summed E-state index contributed by atoms with van der Waals surface area (Å²) in [5.41, 5.74) is -1.47. The van der Waals surface area contributed by atoms with Gasteiger partial charge in [-0.05, 0) is 39.8 Å². The molecule has 1 aromatic carbocycles. The normalized spacial score (nSPS) is 12.5. The molecule has 1 aromatic rings. The van der Waals surface area contributed by atoms with Crippen molar-refractivity contribution in [2.75, 3.05) is 11.8 Å². The van der Waals surface area contributed by atoms with Gasteiger partial charge in [0.15, 0.2) is 17.4 Å². The molecule has 23 heavy (non-hydrogen) atoms. The first kappa shape index (κ1) is 18.9. The molecule has 1 rings (SSSR count). The van der Waals surface area contributed by atoms with Crippen molar-refractivity contribution >= 4 is 11.8 Å². The fourth-order valence-electron chi connectivity index (χ4n) is 1.56. The van der Waals surface area contributed by atoms with Crippen LogP contribution in [0.1, 0.15) is 27.7 Å². The van der Waals surface area contributed by atoms with E-state index in [2.05, 4.69) is 5.32 Å². The van der Waals surface area contributed by atoms with Gasteiger partial charge in [0, 0.05) is 0 Å². The predicted octanol–water partition coefficient (Wildman–Crippen LogP) is 2.95. The van der Waals surface area contributed by atoms with E-state index in [4.69, 9.17) is 14.7 Å². The third-order valence-corrected chi connectivity index (χ3v) is 2.48. The topological polar surface area (TPSA) is 94.1 Å². The smallest absolute Gasteiger partial charge is 0.407 e. The summed E-state index contributed by atoms with van der Waals surface area (Å²) in [5, 5.41) is 21.1. The zero-order chi connectivity index (χ0) is 17.8. The summed E-state index contributed by atoms with van der Waals surface area (Å²) in [7, 11) is 0. The van der Waals surface area contributed by atoms with Crippen LogP contribution in [0.4, 0.5) is 19.3 Å². The number of halogens is 2. The second-order valence-corrected chi connectivity index (χ2v) is 5.84. The molecule has 1 atom stereocenters. The molecule has 0 radical (unpaired) electrons. The summed E-state index contributed by atoms with van der Waals surface area (Å²) < 4.78 is 37.4. The maximum absolute atomic E-state index is 13.8. The maximum Gasteiger partial charge on any atom is 0.407 e. The van der Waals surface area contributed by atoms with Crippen LogP contribution in [0.25, 0.3) is 0 Å². The van der Waals surface area contributed by atoms with E-state index in [1.165, 1.54) is 6.92 Å². The molecule has 0 heterocycles. The Bertz CT molecular complexity index is 561. The van der Waals surface area contributed by atoms with Crippen LogP contribution in [0.15, 0.2) is 12.1 Å². The van der Waals surface area contributed by atoms with Gasteiger partial charge in [0.1, 0.15) is 12.2 Å². The van der Waals surface area contributed by atoms with Crippen molar-refractivity contribution in [1.82, 2.24) is 5.32 Å². The highest BCUT2D eigenvalue weighted by Gasteiger charge is 2.20. The number of nitrogens with zero attached hydrogens (tertiary/aromatic N) is 1. The fourth-order valence-corrected chi connectivity index (χ4v) is 1.56. The lowest BCUT2D eigenvalue weighted by Gasteiger charge is -2.24. The average molecular weight is 333 g/mol. The van der Waals surface area contributed by atoms with Crippen molar-refractivity contribution in [1.29, 1.82) is 0 Å². The fraction of sp³-hybridized carbons (Fsp3) is 0.500. The molecule has 2 N–H and O–H groups in total. The minimum Gasteiger partial charge on any atom is -0.733 e. The lowest BCUT2D eigenvalue weighted by Crippen LogP contribution is -2.40. The van der Waals surface area contributed by atoms with E-state index in [0.717, 1.165) is 12.1 Å². The van der Waals surface area contributed by atoms with Gasteiger partial charge in [-0.15, -0.1) is 0 Å². The summed E-state index contributed by atoms with van der Waals surface area (Å²) in [6.07, 6.45) is -0.704. The first-order valence-electron chi connectivity index (χ1n) is 6.77. The van der Waals surface area contributed by atoms with E-state index in [-0.39, 0.29) is 6.61 Å². The van der Waals surface area contributed by atoms with Crippen LogP contribution in [0.5, 0.6) is 5.75 Å². The third-order valence-electron chi connectivity index (χ3n) is 2.48. The van der Waals surface area contributed by atoms with Gasteiger partial charge < -0.3 is 25.2 Å². The van der Waals surface area contributed by atoms with Crippen LogP contribution < -0.4 is 15.3 Å². The van der Waals surface area contributed by atoms with Gasteiger partial charge >= 0.3 is 6.09 Å². The van der Waals surface area contributed by atoms with Crippen LogP contribution in [-0.4, -0.2) is 29.6 Å². The lowest BCUT2D eigenvalue weighted by molar-refractivity contribution is 0.0493. The molecule has 0 fully saturated rings. The summed E-state index contributed by atoms with van der Waals surface area (Å²) >= 11 is 0. The molecule has 0 spiro atoms. The van der Waals surface area contributed by atoms with E-state index in [0.29, 0.717) is 0 Å². The molecule has 0 unspecified atom stereocenters. The standard InChI is InChI=1S/C14H19F2N2O5/c1-8(17-13(19)23-14(2,3)4)7-22-12-9(15)5-6-10(11(12)16)18(20)21/h5-6,8,20H,7H2,1-4H3,(H,17,19)/q-1/t8-/m1/s1. The molecule has 1 amide bonds. The predicted molar refractivity (Wildman–Crippen MR) is 78.3 cm³/mol. The molecule has 0 aliphatic carbocycles. The molecule has 9 heteroatoms. The summed E-state index contributed by atoms with van der Waals surface area (Å²) in [6, 6.07) is 0.929. The van der Waals surface area contributed by atoms with Gasteiger partial charge in [-0.1, -0.05) is 0 Å². The molecule has 0 aliphatic heterocycles. The molecule has 130 valence electrons. The number of anilines is 1. The number of ether oxygens (including phenoxy) is 2. The number of carbonyl (C=O) groups excluding carboxylic acids is 1. The van der Waals surface area contributed by atoms with Crippen molar-refractivity contribution in [2.24, 2.45) is 0 Å². The zero-order valence-corrected chi connectivity index (χ0v) is 13.2. The number of hydrogen-bond donors (Lipinski definition) is 2. The van der Waals surface area contributed by atoms with Gasteiger partial charge in [-0.2, -0.15) is 0 Å². The van der Waals surface area contributed by atoms with Crippen molar-refractivity contribution in [3.8, 4) is 5.75 Å². The number of benzene rings is 1. The first-order chi connectivity index (χ1) is 10.5. The summed E-state index contributed by atoms with van der Waals surface area (Å²) in [4.78, 5) is 11.5. The van der Waals surface area contributed by atoms with Gasteiger partial charge in [0.25, 0.3) is 0 Å². The highest BCUT2D eigenvalue weighted by Crippen LogP contribution is 2.29. The van der Waals surface area contributed by atoms with Crippen molar-refractivity contribution in [3.63, 3.8) is 0 Å². The van der Waals surface area contributed by atoms with E-state index in [9.17, 15) is 18.8 Å². The molecular weight excluding hydrogens is 314 g/mol. The van der Waals surface area contributed by atoms with Crippen LogP contribution in [-0.2, 0) is 4.74 Å². The summed E-state index contributed by atoms with van der Waals surface area (Å²) in [6.45, 7) is 6.32. The Morgan fingerprint density at radius 3 is 2.57 bits per heavy atom. The number of amides is 1. The largest absolute Gasteiger partial charge is 0.733 e. The van der Waals surface area contributed by atoms with Crippen molar-refractivity contribution < 1.29 is 28.3 Å². The minimum absolute atomic E-state index is 0.277. The molecule has 0 aromatic heterocycles. The molecule has 7 nitrogen and oxygen atoms in total. The second-order valence-electron chi connectivity index (χ2n) is 5.84. The minimum atomic E-state index is -1.34. The second kappa shape index (κ2) is 7.42. The number of carbonyl (C=O) groups is 1. The summed E-state index contributed by atoms with van der Waals surface area (Å²) in [5.74, 6) is -3.21. The van der Waals surface area contributed by atoms with E-state index >= 15 is 0 Å². The number of alkyl carbamates (subject to hydrolysis) is 1. The Kier molecular flexibility index (Phi) is 6.11. The highest BCUT2D eigenvalue weighted by atomic mass is 19.1. The highest BCUT2D eigenvalue weighted by molar-refractivity contribution is 5.68. The molecule has 0 saturated heterocycles. The Morgan fingerprint density at radius 2 is 2.04 bits per heavy atom. The maximum atomic E-state index is 13.8. The number of rotatable bonds is 5. The molecule has 0 saturated carbocycles. The Hall–Kier alpha value is -2.13. The average Bonchev–Trinajstić information content (AvgIpc) is 2.35. The quantitative estimate of drug-likeness (QED) is 0.805. The van der Waals surface area contributed by atoms with Gasteiger partial charge in [0.05, 0.1) is 11.7 Å². The van der Waals surface area contributed by atoms with E-state index < -0.39 is 46.0 Å². The van der Waals surface area contributed by atoms with Crippen LogP contribution in [0.3, 0.4) is 0 Å². The van der Waals surface area contributed by atoms with Crippen LogP contribution in [0.2, 0.25) is 0 Å². The lowest BCUT2D eigenvalue weighted by atomic mass is 10.2.